The van der Waals surface area contributed by atoms with Crippen LogP contribution in [0.1, 0.15) is 32.6 Å². The van der Waals surface area contributed by atoms with Crippen LogP contribution in [0.15, 0.2) is 29.2 Å². The number of thioether (sulfide) groups is 1. The maximum absolute atomic E-state index is 5.88. The smallest absolute Gasteiger partial charge is 0.169 e. The fourth-order valence-electron chi connectivity index (χ4n) is 2.54. The van der Waals surface area contributed by atoms with Gasteiger partial charge in [0, 0.05) is 34.8 Å². The molecule has 0 aromatic heterocycles. The summed E-state index contributed by atoms with van der Waals surface area (Å²) in [6, 6.07) is 8.54. The Morgan fingerprint density at radius 3 is 2.86 bits per heavy atom. The number of rotatable bonds is 4. The van der Waals surface area contributed by atoms with E-state index in [1.54, 1.807) is 0 Å². The summed E-state index contributed by atoms with van der Waals surface area (Å²) in [5, 5.41) is 5.11. The van der Waals surface area contributed by atoms with Gasteiger partial charge < -0.3 is 10.2 Å². The SMILES string of the molecule is CC1CCCCCN1C(=S)NCCSc1ccc(Cl)cc1. The van der Waals surface area contributed by atoms with Crippen molar-refractivity contribution in [3.8, 4) is 0 Å². The molecule has 2 rings (SSSR count). The lowest BCUT2D eigenvalue weighted by Gasteiger charge is -2.30. The Bertz CT molecular complexity index is 450. The van der Waals surface area contributed by atoms with Gasteiger partial charge in [-0.25, -0.2) is 0 Å². The van der Waals surface area contributed by atoms with Gasteiger partial charge in [-0.1, -0.05) is 24.4 Å². The van der Waals surface area contributed by atoms with Crippen molar-refractivity contribution in [2.24, 2.45) is 0 Å². The van der Waals surface area contributed by atoms with Gasteiger partial charge in [0.25, 0.3) is 0 Å². The maximum Gasteiger partial charge on any atom is 0.169 e. The summed E-state index contributed by atoms with van der Waals surface area (Å²) in [6.07, 6.45) is 5.16. The summed E-state index contributed by atoms with van der Waals surface area (Å²) in [6.45, 7) is 4.27. The van der Waals surface area contributed by atoms with Crippen LogP contribution in [0.5, 0.6) is 0 Å². The molecule has 1 atom stereocenters. The van der Waals surface area contributed by atoms with Crippen LogP contribution in [0.3, 0.4) is 0 Å². The molecular formula is C16H23ClN2S2. The molecule has 1 aliphatic rings. The van der Waals surface area contributed by atoms with Crippen molar-refractivity contribution in [2.45, 2.75) is 43.5 Å². The summed E-state index contributed by atoms with van der Waals surface area (Å²) in [4.78, 5) is 3.60. The van der Waals surface area contributed by atoms with Crippen molar-refractivity contribution in [3.05, 3.63) is 29.3 Å². The largest absolute Gasteiger partial charge is 0.362 e. The predicted octanol–water partition coefficient (Wildman–Crippen LogP) is 4.57. The molecule has 1 saturated heterocycles. The van der Waals surface area contributed by atoms with Gasteiger partial charge in [-0.15, -0.1) is 11.8 Å². The molecule has 1 aliphatic heterocycles. The van der Waals surface area contributed by atoms with Gasteiger partial charge >= 0.3 is 0 Å². The lowest BCUT2D eigenvalue weighted by molar-refractivity contribution is 0.332. The fourth-order valence-corrected chi connectivity index (χ4v) is 3.80. The van der Waals surface area contributed by atoms with E-state index in [-0.39, 0.29) is 0 Å². The highest BCUT2D eigenvalue weighted by Gasteiger charge is 2.18. The van der Waals surface area contributed by atoms with Gasteiger partial charge in [0.05, 0.1) is 0 Å². The molecule has 1 heterocycles. The molecule has 0 saturated carbocycles. The number of benzene rings is 1. The lowest BCUT2D eigenvalue weighted by atomic mass is 10.1. The molecule has 21 heavy (non-hydrogen) atoms. The number of halogens is 1. The monoisotopic (exact) mass is 342 g/mol. The van der Waals surface area contributed by atoms with E-state index in [2.05, 4.69) is 29.3 Å². The summed E-state index contributed by atoms with van der Waals surface area (Å²) < 4.78 is 0. The van der Waals surface area contributed by atoms with Crippen LogP contribution in [0.25, 0.3) is 0 Å². The minimum absolute atomic E-state index is 0.566. The minimum Gasteiger partial charge on any atom is -0.362 e. The molecule has 0 aliphatic carbocycles. The Morgan fingerprint density at radius 1 is 1.33 bits per heavy atom. The van der Waals surface area contributed by atoms with Crippen LogP contribution in [0.4, 0.5) is 0 Å². The van der Waals surface area contributed by atoms with Crippen LogP contribution in [0, 0.1) is 0 Å². The number of likely N-dealkylation sites (tertiary alicyclic amines) is 1. The van der Waals surface area contributed by atoms with Crippen LogP contribution < -0.4 is 5.32 Å². The van der Waals surface area contributed by atoms with Gasteiger partial charge in [0.15, 0.2) is 5.11 Å². The molecule has 0 bridgehead atoms. The Balaban J connectivity index is 1.70. The zero-order valence-corrected chi connectivity index (χ0v) is 14.9. The number of hydrogen-bond acceptors (Lipinski definition) is 2. The van der Waals surface area contributed by atoms with E-state index in [1.165, 1.54) is 30.6 Å². The molecule has 1 unspecified atom stereocenters. The standard InChI is InChI=1S/C16H23ClN2S2/c1-13-5-3-2-4-11-19(13)16(20)18-10-12-21-15-8-6-14(17)7-9-15/h6-9,13H,2-5,10-12H2,1H3,(H,18,20). The van der Waals surface area contributed by atoms with Crippen LogP contribution in [0.2, 0.25) is 5.02 Å². The second kappa shape index (κ2) is 8.86. The number of nitrogens with zero attached hydrogens (tertiary/aromatic N) is 1. The summed E-state index contributed by atoms with van der Waals surface area (Å²) in [5.41, 5.74) is 0. The highest BCUT2D eigenvalue weighted by molar-refractivity contribution is 7.99. The first-order valence-corrected chi connectivity index (χ1v) is 9.37. The van der Waals surface area contributed by atoms with Crippen LogP contribution >= 0.6 is 35.6 Å². The van der Waals surface area contributed by atoms with Crippen molar-refractivity contribution < 1.29 is 0 Å². The third kappa shape index (κ3) is 5.68. The Labute approximate surface area is 142 Å². The van der Waals surface area contributed by atoms with E-state index in [9.17, 15) is 0 Å². The first-order valence-electron chi connectivity index (χ1n) is 7.59. The van der Waals surface area contributed by atoms with E-state index in [0.29, 0.717) is 6.04 Å². The van der Waals surface area contributed by atoms with Crippen molar-refractivity contribution in [1.29, 1.82) is 0 Å². The van der Waals surface area contributed by atoms with E-state index in [1.807, 2.05) is 23.9 Å². The Morgan fingerprint density at radius 2 is 2.10 bits per heavy atom. The molecule has 5 heteroatoms. The second-order valence-corrected chi connectivity index (χ2v) is 7.42. The molecule has 0 amide bonds. The molecule has 1 aromatic carbocycles. The fraction of sp³-hybridized carbons (Fsp3) is 0.562. The third-order valence-electron chi connectivity index (χ3n) is 3.77. The topological polar surface area (TPSA) is 15.3 Å². The normalized spacial score (nSPS) is 19.1. The maximum atomic E-state index is 5.88. The molecule has 0 spiro atoms. The third-order valence-corrected chi connectivity index (χ3v) is 5.42. The molecule has 0 radical (unpaired) electrons. The van der Waals surface area contributed by atoms with Crippen molar-refractivity contribution in [1.82, 2.24) is 10.2 Å². The van der Waals surface area contributed by atoms with Gasteiger partial charge in [-0.2, -0.15) is 0 Å². The zero-order chi connectivity index (χ0) is 15.1. The van der Waals surface area contributed by atoms with Crippen molar-refractivity contribution in [2.75, 3.05) is 18.8 Å². The van der Waals surface area contributed by atoms with Crippen LogP contribution in [-0.2, 0) is 0 Å². The molecule has 1 N–H and O–H groups in total. The van der Waals surface area contributed by atoms with Crippen molar-refractivity contribution in [3.63, 3.8) is 0 Å². The van der Waals surface area contributed by atoms with Gasteiger partial charge in [0.1, 0.15) is 0 Å². The molecule has 1 aromatic rings. The van der Waals surface area contributed by atoms with E-state index >= 15 is 0 Å². The first-order chi connectivity index (χ1) is 10.2. The number of thiocarbonyl (C=S) groups is 1. The van der Waals surface area contributed by atoms with Gasteiger partial charge in [-0.3, -0.25) is 0 Å². The van der Waals surface area contributed by atoms with Crippen molar-refractivity contribution >= 4 is 40.7 Å². The predicted molar refractivity (Wildman–Crippen MR) is 97.4 cm³/mol. The number of nitrogens with one attached hydrogen (secondary N) is 1. The highest BCUT2D eigenvalue weighted by atomic mass is 35.5. The van der Waals surface area contributed by atoms with Crippen LogP contribution in [-0.4, -0.2) is 34.9 Å². The minimum atomic E-state index is 0.566. The van der Waals surface area contributed by atoms with Gasteiger partial charge in [-0.05, 0) is 56.2 Å². The average molecular weight is 343 g/mol. The quantitative estimate of drug-likeness (QED) is 0.489. The molecular weight excluding hydrogens is 320 g/mol. The Kier molecular flexibility index (Phi) is 7.14. The second-order valence-electron chi connectivity index (χ2n) is 5.43. The summed E-state index contributed by atoms with van der Waals surface area (Å²) >= 11 is 13.3. The lowest BCUT2D eigenvalue weighted by Crippen LogP contribution is -2.45. The van der Waals surface area contributed by atoms with E-state index < -0.39 is 0 Å². The molecule has 1 fully saturated rings. The molecule has 2 nitrogen and oxygen atoms in total. The number of hydrogen-bond donors (Lipinski definition) is 1. The summed E-state index contributed by atoms with van der Waals surface area (Å²) in [5.74, 6) is 1.00. The first kappa shape index (κ1) is 16.9. The zero-order valence-electron chi connectivity index (χ0n) is 12.5. The van der Waals surface area contributed by atoms with Gasteiger partial charge in [0.2, 0.25) is 0 Å². The molecule has 116 valence electrons. The highest BCUT2D eigenvalue weighted by Crippen LogP contribution is 2.20. The Hall–Kier alpha value is -0.450. The average Bonchev–Trinajstić information content (AvgIpc) is 2.70. The van der Waals surface area contributed by atoms with E-state index in [0.717, 1.165) is 29.0 Å². The van der Waals surface area contributed by atoms with E-state index in [4.69, 9.17) is 23.8 Å². The summed E-state index contributed by atoms with van der Waals surface area (Å²) in [7, 11) is 0.